The molecule has 0 bridgehead atoms. The average Bonchev–Trinajstić information content (AvgIpc) is 2.69. The van der Waals surface area contributed by atoms with Crippen molar-refractivity contribution in [3.05, 3.63) is 11.1 Å². The van der Waals surface area contributed by atoms with E-state index in [0.717, 1.165) is 19.3 Å². The fourth-order valence-electron chi connectivity index (χ4n) is 10.7. The van der Waals surface area contributed by atoms with Crippen molar-refractivity contribution < 1.29 is 15.3 Å². The monoisotopic (exact) mass is 458 g/mol. The summed E-state index contributed by atoms with van der Waals surface area (Å²) in [4.78, 5) is 0. The van der Waals surface area contributed by atoms with Gasteiger partial charge in [-0.25, -0.2) is 0 Å². The van der Waals surface area contributed by atoms with Crippen LogP contribution in [-0.4, -0.2) is 33.6 Å². The Morgan fingerprint density at radius 2 is 1.36 bits per heavy atom. The Balaban J connectivity index is 1.64. The van der Waals surface area contributed by atoms with E-state index in [1.54, 1.807) is 11.1 Å². The molecule has 5 aliphatic carbocycles. The largest absolute Gasteiger partial charge is 0.392 e. The smallest absolute Gasteiger partial charge is 0.0852 e. The van der Waals surface area contributed by atoms with E-state index in [4.69, 9.17) is 0 Å². The lowest BCUT2D eigenvalue weighted by Gasteiger charge is -2.72. The Kier molecular flexibility index (Phi) is 5.07. The predicted octanol–water partition coefficient (Wildman–Crippen LogP) is 6.25. The van der Waals surface area contributed by atoms with E-state index in [0.29, 0.717) is 23.2 Å². The minimum Gasteiger partial charge on any atom is -0.392 e. The van der Waals surface area contributed by atoms with Crippen molar-refractivity contribution in [1.29, 1.82) is 0 Å². The lowest BCUT2D eigenvalue weighted by atomic mass is 9.33. The highest BCUT2D eigenvalue weighted by molar-refractivity contribution is 5.39. The van der Waals surface area contributed by atoms with E-state index >= 15 is 0 Å². The SMILES string of the molecule is CC1(C)CC[C@]2(C)CC[C@]3(C)C(=C2C1)C[C@@H](O)[C@@H]1[C@@]2(C)C[C@@H](O)[C@H](O)C(C)(C)C2CC[C@]13C. The van der Waals surface area contributed by atoms with Crippen molar-refractivity contribution in [3.8, 4) is 0 Å². The third kappa shape index (κ3) is 2.97. The number of allylic oxidation sites excluding steroid dienone is 1. The maximum Gasteiger partial charge on any atom is 0.0852 e. The number of aliphatic hydroxyl groups excluding tert-OH is 3. The first kappa shape index (κ1) is 24.3. The van der Waals surface area contributed by atoms with Gasteiger partial charge in [0.1, 0.15) is 0 Å². The van der Waals surface area contributed by atoms with Gasteiger partial charge in [0.25, 0.3) is 0 Å². The molecule has 4 fully saturated rings. The zero-order valence-corrected chi connectivity index (χ0v) is 22.6. The lowest BCUT2D eigenvalue weighted by molar-refractivity contribution is -0.253. The third-order valence-electron chi connectivity index (χ3n) is 12.8. The number of aliphatic hydroxyl groups is 3. The van der Waals surface area contributed by atoms with Crippen LogP contribution in [0.2, 0.25) is 0 Å². The van der Waals surface area contributed by atoms with Crippen molar-refractivity contribution in [3.63, 3.8) is 0 Å². The first-order valence-electron chi connectivity index (χ1n) is 13.8. The number of hydrogen-bond donors (Lipinski definition) is 3. The summed E-state index contributed by atoms with van der Waals surface area (Å²) in [5.41, 5.74) is 3.57. The maximum atomic E-state index is 12.0. The highest BCUT2D eigenvalue weighted by atomic mass is 16.3. The van der Waals surface area contributed by atoms with Crippen LogP contribution in [0, 0.1) is 44.3 Å². The summed E-state index contributed by atoms with van der Waals surface area (Å²) in [5.74, 6) is 0.469. The Hall–Kier alpha value is -0.380. The van der Waals surface area contributed by atoms with Gasteiger partial charge in [-0.1, -0.05) is 66.5 Å². The van der Waals surface area contributed by atoms with Gasteiger partial charge in [-0.2, -0.15) is 0 Å². The summed E-state index contributed by atoms with van der Waals surface area (Å²) >= 11 is 0. The van der Waals surface area contributed by atoms with Crippen molar-refractivity contribution in [2.45, 2.75) is 131 Å². The molecular weight excluding hydrogens is 408 g/mol. The van der Waals surface area contributed by atoms with E-state index in [2.05, 4.69) is 55.4 Å². The second-order valence-corrected chi connectivity index (χ2v) is 15.5. The zero-order valence-electron chi connectivity index (χ0n) is 22.6. The molecule has 3 heteroatoms. The first-order chi connectivity index (χ1) is 15.0. The van der Waals surface area contributed by atoms with Crippen LogP contribution in [0.15, 0.2) is 11.1 Å². The standard InChI is InChI=1S/C30H50O3/c1-25(2)11-12-27(5)13-14-29(7)18(19(27)16-25)15-20(31)23-28(6)17-21(32)24(33)26(3,4)22(28)9-10-30(23,29)8/h20-24,31-33H,9-17H2,1-8H3/t20-,21-,22?,23-,24+,27-,28+,29-,30-/m1/s1. The van der Waals surface area contributed by atoms with Gasteiger partial charge in [0.05, 0.1) is 18.3 Å². The van der Waals surface area contributed by atoms with Gasteiger partial charge >= 0.3 is 0 Å². The Bertz CT molecular complexity index is 872. The molecule has 0 heterocycles. The minimum atomic E-state index is -0.711. The van der Waals surface area contributed by atoms with Crippen LogP contribution in [-0.2, 0) is 0 Å². The van der Waals surface area contributed by atoms with Gasteiger partial charge in [0, 0.05) is 0 Å². The fourth-order valence-corrected chi connectivity index (χ4v) is 10.7. The van der Waals surface area contributed by atoms with Gasteiger partial charge < -0.3 is 15.3 Å². The van der Waals surface area contributed by atoms with Gasteiger partial charge in [-0.05, 0) is 102 Å². The molecule has 0 aromatic carbocycles. The van der Waals surface area contributed by atoms with Crippen LogP contribution < -0.4 is 0 Å². The van der Waals surface area contributed by atoms with E-state index in [1.807, 2.05) is 0 Å². The van der Waals surface area contributed by atoms with Crippen molar-refractivity contribution in [2.24, 2.45) is 44.3 Å². The van der Waals surface area contributed by atoms with Crippen LogP contribution in [0.4, 0.5) is 0 Å². The maximum absolute atomic E-state index is 12.0. The summed E-state index contributed by atoms with van der Waals surface area (Å²) in [6.45, 7) is 19.0. The Morgan fingerprint density at radius 3 is 2.03 bits per heavy atom. The quantitative estimate of drug-likeness (QED) is 0.376. The Morgan fingerprint density at radius 1 is 0.727 bits per heavy atom. The molecule has 3 N–H and O–H groups in total. The molecule has 4 saturated carbocycles. The van der Waals surface area contributed by atoms with Crippen LogP contribution >= 0.6 is 0 Å². The molecule has 5 rings (SSSR count). The first-order valence-corrected chi connectivity index (χ1v) is 13.8. The molecule has 3 nitrogen and oxygen atoms in total. The normalized spacial score (nSPS) is 55.2. The minimum absolute atomic E-state index is 0.0132. The van der Waals surface area contributed by atoms with Gasteiger partial charge in [-0.15, -0.1) is 0 Å². The molecule has 33 heavy (non-hydrogen) atoms. The lowest BCUT2D eigenvalue weighted by Crippen LogP contribution is -2.69. The third-order valence-corrected chi connectivity index (χ3v) is 12.8. The van der Waals surface area contributed by atoms with E-state index in [1.165, 1.54) is 32.1 Å². The fraction of sp³-hybridized carbons (Fsp3) is 0.933. The van der Waals surface area contributed by atoms with Crippen LogP contribution in [0.25, 0.3) is 0 Å². The summed E-state index contributed by atoms with van der Waals surface area (Å²) in [6.07, 6.45) is 8.07. The van der Waals surface area contributed by atoms with Crippen LogP contribution in [0.5, 0.6) is 0 Å². The van der Waals surface area contributed by atoms with Gasteiger partial charge in [-0.3, -0.25) is 0 Å². The molecular formula is C30H50O3. The zero-order chi connectivity index (χ0) is 24.4. The van der Waals surface area contributed by atoms with E-state index < -0.39 is 12.2 Å². The molecule has 0 amide bonds. The summed E-state index contributed by atoms with van der Waals surface area (Å²) in [6, 6.07) is 0. The van der Waals surface area contributed by atoms with Gasteiger partial charge in [0.2, 0.25) is 0 Å². The number of fused-ring (bicyclic) bond motifs is 6. The molecule has 0 aliphatic heterocycles. The average molecular weight is 459 g/mol. The highest BCUT2D eigenvalue weighted by Crippen LogP contribution is 2.75. The predicted molar refractivity (Wildman–Crippen MR) is 134 cm³/mol. The Labute approximate surface area is 202 Å². The molecule has 0 spiro atoms. The van der Waals surface area contributed by atoms with Crippen LogP contribution in [0.3, 0.4) is 0 Å². The molecule has 0 saturated heterocycles. The van der Waals surface area contributed by atoms with Crippen LogP contribution in [0.1, 0.15) is 113 Å². The molecule has 9 atom stereocenters. The summed E-state index contributed by atoms with van der Waals surface area (Å²) in [5, 5.41) is 33.9. The molecule has 1 unspecified atom stereocenters. The molecule has 0 radical (unpaired) electrons. The topological polar surface area (TPSA) is 60.7 Å². The van der Waals surface area contributed by atoms with E-state index in [9.17, 15) is 15.3 Å². The van der Waals surface area contributed by atoms with Crippen molar-refractivity contribution in [1.82, 2.24) is 0 Å². The molecule has 0 aromatic rings. The number of rotatable bonds is 0. The number of hydrogen-bond acceptors (Lipinski definition) is 3. The molecule has 5 aliphatic rings. The van der Waals surface area contributed by atoms with E-state index in [-0.39, 0.29) is 33.7 Å². The molecule has 188 valence electrons. The summed E-state index contributed by atoms with van der Waals surface area (Å²) < 4.78 is 0. The second-order valence-electron chi connectivity index (χ2n) is 15.5. The van der Waals surface area contributed by atoms with Gasteiger partial charge in [0.15, 0.2) is 0 Å². The van der Waals surface area contributed by atoms with Crippen molar-refractivity contribution >= 4 is 0 Å². The molecule has 0 aromatic heterocycles. The van der Waals surface area contributed by atoms with Crippen molar-refractivity contribution in [2.75, 3.05) is 0 Å². The highest BCUT2D eigenvalue weighted by Gasteiger charge is 2.70. The summed E-state index contributed by atoms with van der Waals surface area (Å²) in [7, 11) is 0. The second kappa shape index (κ2) is 6.88.